The topological polar surface area (TPSA) is 20.3 Å². The Morgan fingerprint density at radius 3 is 2.80 bits per heavy atom. The summed E-state index contributed by atoms with van der Waals surface area (Å²) in [4.78, 5) is 14.0. The van der Waals surface area contributed by atoms with Gasteiger partial charge in [-0.1, -0.05) is 36.8 Å². The van der Waals surface area contributed by atoms with Crippen molar-refractivity contribution in [2.45, 2.75) is 39.5 Å². The lowest BCUT2D eigenvalue weighted by atomic mass is 9.81. The van der Waals surface area contributed by atoms with E-state index in [1.54, 1.807) is 0 Å². The molecule has 0 radical (unpaired) electrons. The van der Waals surface area contributed by atoms with E-state index in [0.717, 1.165) is 25.8 Å². The lowest BCUT2D eigenvalue weighted by molar-refractivity contribution is -0.131. The lowest BCUT2D eigenvalue weighted by Crippen LogP contribution is -2.32. The molecule has 0 bridgehead atoms. The van der Waals surface area contributed by atoms with E-state index in [1.807, 2.05) is 11.0 Å². The Labute approximate surface area is 123 Å². The minimum atomic E-state index is 0.294. The van der Waals surface area contributed by atoms with Crippen LogP contribution in [0.5, 0.6) is 0 Å². The van der Waals surface area contributed by atoms with Crippen LogP contribution in [0.25, 0.3) is 0 Å². The zero-order valence-corrected chi connectivity index (χ0v) is 12.8. The van der Waals surface area contributed by atoms with Gasteiger partial charge in [0.2, 0.25) is 5.91 Å². The molecule has 2 aliphatic rings. The summed E-state index contributed by atoms with van der Waals surface area (Å²) in [6.45, 7) is 9.69. The number of hydrogen-bond donors (Lipinski definition) is 0. The van der Waals surface area contributed by atoms with Crippen LogP contribution in [0.15, 0.2) is 36.5 Å². The molecule has 1 saturated carbocycles. The van der Waals surface area contributed by atoms with Crippen LogP contribution in [-0.2, 0) is 4.79 Å². The Kier molecular flexibility index (Phi) is 5.22. The number of rotatable bonds is 6. The molecule has 1 amide bonds. The maximum atomic E-state index is 12.1. The summed E-state index contributed by atoms with van der Waals surface area (Å²) in [5, 5.41) is 0. The van der Waals surface area contributed by atoms with E-state index in [-0.39, 0.29) is 0 Å². The first-order valence-electron chi connectivity index (χ1n) is 7.83. The Hall–Kier alpha value is -1.31. The highest BCUT2D eigenvalue weighted by Crippen LogP contribution is 2.31. The highest BCUT2D eigenvalue weighted by Gasteiger charge is 2.32. The van der Waals surface area contributed by atoms with Gasteiger partial charge in [-0.3, -0.25) is 4.79 Å². The summed E-state index contributed by atoms with van der Waals surface area (Å²) in [7, 11) is 0. The van der Waals surface area contributed by atoms with Crippen LogP contribution in [-0.4, -0.2) is 23.9 Å². The number of carbonyl (C=O) groups excluding carboxylic acids is 1. The maximum Gasteiger partial charge on any atom is 0.226 e. The average molecular weight is 273 g/mol. The summed E-state index contributed by atoms with van der Waals surface area (Å²) < 4.78 is 0. The smallest absolute Gasteiger partial charge is 0.226 e. The van der Waals surface area contributed by atoms with E-state index in [1.165, 1.54) is 12.0 Å². The second kappa shape index (κ2) is 6.92. The molecule has 2 unspecified atom stereocenters. The summed E-state index contributed by atoms with van der Waals surface area (Å²) in [5.41, 5.74) is 1.51. The second-order valence-electron chi connectivity index (χ2n) is 6.37. The van der Waals surface area contributed by atoms with Crippen molar-refractivity contribution in [2.75, 3.05) is 13.1 Å². The van der Waals surface area contributed by atoms with E-state index >= 15 is 0 Å². The molecule has 0 aromatic heterocycles. The van der Waals surface area contributed by atoms with Crippen molar-refractivity contribution in [3.8, 4) is 0 Å². The van der Waals surface area contributed by atoms with Crippen LogP contribution in [0, 0.1) is 17.8 Å². The Morgan fingerprint density at radius 1 is 1.45 bits per heavy atom. The van der Waals surface area contributed by atoms with Crippen molar-refractivity contribution < 1.29 is 4.79 Å². The number of hydrogen-bond acceptors (Lipinski definition) is 1. The van der Waals surface area contributed by atoms with Gasteiger partial charge < -0.3 is 4.90 Å². The standard InChI is InChI=1S/C18H27NO/c1-4-11-19(18(20)17-9-10-17)12-5-6-16-8-7-14(2)13-15(16)3/h4-7,15-17H,1,8-13H2,2-3H3/b6-5-. The molecule has 0 spiro atoms. The summed E-state index contributed by atoms with van der Waals surface area (Å²) in [6.07, 6.45) is 13.1. The zero-order chi connectivity index (χ0) is 14.5. The van der Waals surface area contributed by atoms with Crippen molar-refractivity contribution in [3.63, 3.8) is 0 Å². The first kappa shape index (κ1) is 15.1. The third kappa shape index (κ3) is 4.09. The molecule has 0 aromatic carbocycles. The number of allylic oxidation sites excluding steroid dienone is 3. The normalized spacial score (nSPS) is 26.4. The van der Waals surface area contributed by atoms with Crippen molar-refractivity contribution in [2.24, 2.45) is 17.8 Å². The number of nitrogens with zero attached hydrogens (tertiary/aromatic N) is 1. The van der Waals surface area contributed by atoms with Crippen LogP contribution in [0.2, 0.25) is 0 Å². The van der Waals surface area contributed by atoms with Gasteiger partial charge in [-0.25, -0.2) is 0 Å². The molecule has 0 heterocycles. The predicted octanol–water partition coefficient (Wildman–Crippen LogP) is 3.96. The Balaban J connectivity index is 1.86. The van der Waals surface area contributed by atoms with Crippen LogP contribution >= 0.6 is 0 Å². The monoisotopic (exact) mass is 273 g/mol. The molecule has 20 heavy (non-hydrogen) atoms. The van der Waals surface area contributed by atoms with Crippen molar-refractivity contribution in [1.29, 1.82) is 0 Å². The minimum Gasteiger partial charge on any atom is -0.335 e. The van der Waals surface area contributed by atoms with Crippen molar-refractivity contribution >= 4 is 5.91 Å². The lowest BCUT2D eigenvalue weighted by Gasteiger charge is -2.25. The van der Waals surface area contributed by atoms with E-state index < -0.39 is 0 Å². The minimum absolute atomic E-state index is 0.294. The molecule has 110 valence electrons. The zero-order valence-electron chi connectivity index (χ0n) is 12.8. The van der Waals surface area contributed by atoms with Gasteiger partial charge in [0.05, 0.1) is 0 Å². The van der Waals surface area contributed by atoms with Gasteiger partial charge in [-0.05, 0) is 44.4 Å². The van der Waals surface area contributed by atoms with Gasteiger partial charge in [0, 0.05) is 19.0 Å². The molecule has 0 saturated heterocycles. The number of amides is 1. The summed E-state index contributed by atoms with van der Waals surface area (Å²) in [6, 6.07) is 0. The van der Waals surface area contributed by atoms with Crippen molar-refractivity contribution in [3.05, 3.63) is 36.5 Å². The van der Waals surface area contributed by atoms with Crippen LogP contribution in [0.4, 0.5) is 0 Å². The highest BCUT2D eigenvalue weighted by molar-refractivity contribution is 5.81. The van der Waals surface area contributed by atoms with Crippen molar-refractivity contribution in [1.82, 2.24) is 4.90 Å². The quantitative estimate of drug-likeness (QED) is 0.671. The van der Waals surface area contributed by atoms with E-state index in [2.05, 4.69) is 38.7 Å². The Bertz CT molecular complexity index is 417. The Morgan fingerprint density at radius 2 is 2.20 bits per heavy atom. The van der Waals surface area contributed by atoms with Crippen LogP contribution in [0.1, 0.15) is 39.5 Å². The fourth-order valence-corrected chi connectivity index (χ4v) is 2.94. The van der Waals surface area contributed by atoms with Gasteiger partial charge in [0.15, 0.2) is 0 Å². The van der Waals surface area contributed by atoms with Crippen LogP contribution in [0.3, 0.4) is 0 Å². The number of carbonyl (C=O) groups is 1. The molecule has 2 nitrogen and oxygen atoms in total. The fraction of sp³-hybridized carbons (Fsp3) is 0.611. The van der Waals surface area contributed by atoms with Gasteiger partial charge in [-0.15, -0.1) is 6.58 Å². The summed E-state index contributed by atoms with van der Waals surface area (Å²) in [5.74, 6) is 1.94. The van der Waals surface area contributed by atoms with E-state index in [4.69, 9.17) is 0 Å². The van der Waals surface area contributed by atoms with Gasteiger partial charge >= 0.3 is 0 Å². The molecule has 0 aromatic rings. The predicted molar refractivity (Wildman–Crippen MR) is 84.3 cm³/mol. The molecule has 2 atom stereocenters. The van der Waals surface area contributed by atoms with Gasteiger partial charge in [0.1, 0.15) is 0 Å². The molecule has 2 rings (SSSR count). The molecular weight excluding hydrogens is 246 g/mol. The largest absolute Gasteiger partial charge is 0.335 e. The molecule has 2 heteroatoms. The molecule has 2 aliphatic carbocycles. The third-order valence-corrected chi connectivity index (χ3v) is 4.41. The molecule has 0 N–H and O–H groups in total. The second-order valence-corrected chi connectivity index (χ2v) is 6.37. The molecular formula is C18H27NO. The summed E-state index contributed by atoms with van der Waals surface area (Å²) >= 11 is 0. The van der Waals surface area contributed by atoms with Gasteiger partial charge in [-0.2, -0.15) is 0 Å². The van der Waals surface area contributed by atoms with E-state index in [9.17, 15) is 4.79 Å². The van der Waals surface area contributed by atoms with Crippen LogP contribution < -0.4 is 0 Å². The SMILES string of the molecule is C=CCN(C/C=C\C1CC=C(C)CC1C)C(=O)C1CC1. The third-order valence-electron chi connectivity index (χ3n) is 4.41. The maximum absolute atomic E-state index is 12.1. The highest BCUT2D eigenvalue weighted by atomic mass is 16.2. The first-order chi connectivity index (χ1) is 9.61. The molecule has 0 aliphatic heterocycles. The fourth-order valence-electron chi connectivity index (χ4n) is 2.94. The first-order valence-corrected chi connectivity index (χ1v) is 7.83. The average Bonchev–Trinajstić information content (AvgIpc) is 3.23. The van der Waals surface area contributed by atoms with Gasteiger partial charge in [0.25, 0.3) is 0 Å². The van der Waals surface area contributed by atoms with E-state index in [0.29, 0.717) is 30.2 Å². The molecule has 1 fully saturated rings.